The molecule has 0 bridgehead atoms. The number of rotatable bonds is 7. The third-order valence-corrected chi connectivity index (χ3v) is 4.45. The molecule has 1 aromatic heterocycles. The molecule has 1 aromatic carbocycles. The van der Waals surface area contributed by atoms with E-state index in [4.69, 9.17) is 10.5 Å². The average molecular weight is 306 g/mol. The van der Waals surface area contributed by atoms with Crippen molar-refractivity contribution in [2.75, 3.05) is 25.5 Å². The number of nitrogen functional groups attached to an aromatic ring is 1. The van der Waals surface area contributed by atoms with Gasteiger partial charge in [0.2, 0.25) is 0 Å². The number of nitrogens with two attached hydrogens (primary N) is 1. The second-order valence-electron chi connectivity index (χ2n) is 5.07. The molecule has 0 aliphatic carbocycles. The van der Waals surface area contributed by atoms with Gasteiger partial charge in [0.15, 0.2) is 0 Å². The predicted molar refractivity (Wildman–Crippen MR) is 89.0 cm³/mol. The van der Waals surface area contributed by atoms with Crippen LogP contribution in [0.5, 0.6) is 0 Å². The summed E-state index contributed by atoms with van der Waals surface area (Å²) in [5, 5.41) is 3.82. The van der Waals surface area contributed by atoms with E-state index < -0.39 is 0 Å². The summed E-state index contributed by atoms with van der Waals surface area (Å²) in [6, 6.07) is 6.06. The van der Waals surface area contributed by atoms with E-state index in [2.05, 4.69) is 12.2 Å². The quantitative estimate of drug-likeness (QED) is 0.771. The van der Waals surface area contributed by atoms with Gasteiger partial charge in [-0.05, 0) is 25.5 Å². The monoisotopic (exact) mass is 306 g/mol. The number of benzene rings is 1. The number of amides is 1. The number of unbranched alkanes of at least 4 members (excludes halogenated alkanes) is 1. The van der Waals surface area contributed by atoms with Gasteiger partial charge >= 0.3 is 0 Å². The molecule has 4 nitrogen and oxygen atoms in total. The van der Waals surface area contributed by atoms with Crippen LogP contribution in [0.4, 0.5) is 5.69 Å². The van der Waals surface area contributed by atoms with Crippen molar-refractivity contribution >= 4 is 33.0 Å². The van der Waals surface area contributed by atoms with Crippen LogP contribution in [0.1, 0.15) is 35.0 Å². The molecular formula is C16H22N2O2S. The summed E-state index contributed by atoms with van der Waals surface area (Å²) in [6.07, 6.45) is 2.17. The molecule has 0 atom stereocenters. The van der Waals surface area contributed by atoms with Gasteiger partial charge < -0.3 is 15.8 Å². The molecule has 0 fully saturated rings. The lowest BCUT2D eigenvalue weighted by Gasteiger charge is -2.05. The maximum atomic E-state index is 12.2. The molecule has 5 heteroatoms. The lowest BCUT2D eigenvalue weighted by atomic mass is 10.1. The van der Waals surface area contributed by atoms with Crippen molar-refractivity contribution in [3.63, 3.8) is 0 Å². The van der Waals surface area contributed by atoms with Crippen LogP contribution in [0, 0.1) is 6.92 Å². The van der Waals surface area contributed by atoms with Crippen LogP contribution >= 0.6 is 11.3 Å². The number of hydrogen-bond donors (Lipinski definition) is 2. The Balaban J connectivity index is 1.95. The van der Waals surface area contributed by atoms with Gasteiger partial charge in [-0.3, -0.25) is 4.79 Å². The molecule has 0 saturated carbocycles. The van der Waals surface area contributed by atoms with Crippen LogP contribution in [0.15, 0.2) is 18.2 Å². The maximum absolute atomic E-state index is 12.2. The summed E-state index contributed by atoms with van der Waals surface area (Å²) in [6.45, 7) is 5.93. The van der Waals surface area contributed by atoms with Gasteiger partial charge in [0.05, 0.1) is 12.3 Å². The van der Waals surface area contributed by atoms with E-state index in [9.17, 15) is 4.79 Å². The number of carbonyl (C=O) groups is 1. The molecule has 114 valence electrons. The summed E-state index contributed by atoms with van der Waals surface area (Å²) >= 11 is 1.43. The molecule has 0 unspecified atom stereocenters. The minimum atomic E-state index is -0.120. The highest BCUT2D eigenvalue weighted by Gasteiger charge is 2.15. The minimum absolute atomic E-state index is 0.120. The van der Waals surface area contributed by atoms with Crippen LogP contribution in [-0.2, 0) is 4.74 Å². The van der Waals surface area contributed by atoms with E-state index in [1.807, 2.05) is 25.1 Å². The van der Waals surface area contributed by atoms with Crippen LogP contribution in [0.3, 0.4) is 0 Å². The van der Waals surface area contributed by atoms with Gasteiger partial charge in [0.1, 0.15) is 4.88 Å². The van der Waals surface area contributed by atoms with E-state index in [0.717, 1.165) is 35.1 Å². The van der Waals surface area contributed by atoms with E-state index in [1.165, 1.54) is 11.3 Å². The predicted octanol–water partition coefficient (Wildman–Crippen LogP) is 3.34. The Kier molecular flexibility index (Phi) is 5.59. The van der Waals surface area contributed by atoms with Gasteiger partial charge in [-0.15, -0.1) is 11.3 Å². The van der Waals surface area contributed by atoms with Crippen molar-refractivity contribution in [1.82, 2.24) is 5.32 Å². The molecule has 2 rings (SSSR count). The fourth-order valence-electron chi connectivity index (χ4n) is 2.06. The molecule has 2 aromatic rings. The van der Waals surface area contributed by atoms with Crippen molar-refractivity contribution in [3.05, 3.63) is 28.6 Å². The highest BCUT2D eigenvalue weighted by Crippen LogP contribution is 2.34. The summed E-state index contributed by atoms with van der Waals surface area (Å²) in [4.78, 5) is 12.8. The average Bonchev–Trinajstić information content (AvgIpc) is 2.79. The first kappa shape index (κ1) is 15.8. The Morgan fingerprint density at radius 3 is 2.95 bits per heavy atom. The first-order chi connectivity index (χ1) is 10.1. The molecule has 1 heterocycles. The molecule has 1 amide bonds. The summed E-state index contributed by atoms with van der Waals surface area (Å²) in [5.74, 6) is -0.120. The van der Waals surface area contributed by atoms with Gasteiger partial charge in [0, 0.05) is 23.2 Å². The highest BCUT2D eigenvalue weighted by molar-refractivity contribution is 7.21. The van der Waals surface area contributed by atoms with Crippen LogP contribution in [0.25, 0.3) is 10.1 Å². The highest BCUT2D eigenvalue weighted by atomic mass is 32.1. The molecule has 0 saturated heterocycles. The van der Waals surface area contributed by atoms with Crippen molar-refractivity contribution < 1.29 is 9.53 Å². The SMILES string of the molecule is CCCCOCCNC(=O)c1sc2ccc(C)cc2c1N. The zero-order chi connectivity index (χ0) is 15.2. The second-order valence-corrected chi connectivity index (χ2v) is 6.12. The zero-order valence-electron chi connectivity index (χ0n) is 12.6. The van der Waals surface area contributed by atoms with Crippen molar-refractivity contribution in [3.8, 4) is 0 Å². The molecule has 0 spiro atoms. The fourth-order valence-corrected chi connectivity index (χ4v) is 3.08. The van der Waals surface area contributed by atoms with E-state index in [-0.39, 0.29) is 5.91 Å². The lowest BCUT2D eigenvalue weighted by Crippen LogP contribution is -2.27. The third-order valence-electron chi connectivity index (χ3n) is 3.26. The topological polar surface area (TPSA) is 64.3 Å². The van der Waals surface area contributed by atoms with Crippen LogP contribution in [-0.4, -0.2) is 25.7 Å². The molecular weight excluding hydrogens is 284 g/mol. The van der Waals surface area contributed by atoms with E-state index in [0.29, 0.717) is 23.7 Å². The first-order valence-electron chi connectivity index (χ1n) is 7.28. The second kappa shape index (κ2) is 7.43. The number of aryl methyl sites for hydroxylation is 1. The summed E-state index contributed by atoms with van der Waals surface area (Å²) in [7, 11) is 0. The van der Waals surface area contributed by atoms with Crippen molar-refractivity contribution in [2.45, 2.75) is 26.7 Å². The first-order valence-corrected chi connectivity index (χ1v) is 8.09. The van der Waals surface area contributed by atoms with Crippen molar-refractivity contribution in [1.29, 1.82) is 0 Å². The van der Waals surface area contributed by atoms with E-state index >= 15 is 0 Å². The standard InChI is InChI=1S/C16H22N2O2S/c1-3-4-8-20-9-7-18-16(19)15-14(17)12-10-11(2)5-6-13(12)21-15/h5-6,10H,3-4,7-9,17H2,1-2H3,(H,18,19). The molecule has 3 N–H and O–H groups in total. The molecule has 21 heavy (non-hydrogen) atoms. The van der Waals surface area contributed by atoms with Crippen LogP contribution < -0.4 is 11.1 Å². The number of anilines is 1. The number of ether oxygens (including phenoxy) is 1. The Morgan fingerprint density at radius 2 is 2.19 bits per heavy atom. The number of fused-ring (bicyclic) bond motifs is 1. The zero-order valence-corrected chi connectivity index (χ0v) is 13.4. The van der Waals surface area contributed by atoms with E-state index in [1.54, 1.807) is 0 Å². The Labute approximate surface area is 129 Å². The Hall–Kier alpha value is -1.59. The Bertz CT molecular complexity index is 622. The maximum Gasteiger partial charge on any atom is 0.263 e. The number of carbonyl (C=O) groups excluding carboxylic acids is 1. The lowest BCUT2D eigenvalue weighted by molar-refractivity contribution is 0.0917. The van der Waals surface area contributed by atoms with Gasteiger partial charge in [-0.25, -0.2) is 0 Å². The number of nitrogens with one attached hydrogen (secondary N) is 1. The minimum Gasteiger partial charge on any atom is -0.397 e. The third kappa shape index (κ3) is 3.95. The fraction of sp³-hybridized carbons (Fsp3) is 0.438. The number of thiophene rings is 1. The van der Waals surface area contributed by atoms with Gasteiger partial charge in [-0.1, -0.05) is 25.0 Å². The normalized spacial score (nSPS) is 11.0. The summed E-state index contributed by atoms with van der Waals surface area (Å²) in [5.41, 5.74) is 7.81. The molecule has 0 radical (unpaired) electrons. The van der Waals surface area contributed by atoms with Crippen LogP contribution in [0.2, 0.25) is 0 Å². The number of hydrogen-bond acceptors (Lipinski definition) is 4. The molecule has 0 aliphatic heterocycles. The molecule has 0 aliphatic rings. The Morgan fingerprint density at radius 1 is 1.38 bits per heavy atom. The van der Waals surface area contributed by atoms with Crippen molar-refractivity contribution in [2.24, 2.45) is 0 Å². The summed E-state index contributed by atoms with van der Waals surface area (Å²) < 4.78 is 6.47. The largest absolute Gasteiger partial charge is 0.397 e. The van der Waals surface area contributed by atoms with Gasteiger partial charge in [-0.2, -0.15) is 0 Å². The smallest absolute Gasteiger partial charge is 0.263 e. The van der Waals surface area contributed by atoms with Gasteiger partial charge in [0.25, 0.3) is 5.91 Å².